The summed E-state index contributed by atoms with van der Waals surface area (Å²) >= 11 is 8.32. The molecule has 0 unspecified atom stereocenters. The van der Waals surface area contributed by atoms with Gasteiger partial charge in [0.15, 0.2) is 5.82 Å². The van der Waals surface area contributed by atoms with E-state index in [4.69, 9.17) is 4.74 Å². The highest BCUT2D eigenvalue weighted by atomic mass is 79.9. The van der Waals surface area contributed by atoms with Crippen molar-refractivity contribution in [1.29, 1.82) is 0 Å². The van der Waals surface area contributed by atoms with Crippen LogP contribution in [0.4, 0.5) is 5.69 Å². The minimum atomic E-state index is -0.263. The molecule has 4 aromatic rings. The second kappa shape index (κ2) is 8.44. The smallest absolute Gasteiger partial charge is 0.259 e. The number of benzene rings is 2. The number of hydrogen-bond acceptors (Lipinski definition) is 6. The molecule has 1 amide bonds. The third-order valence-corrected chi connectivity index (χ3v) is 6.56. The van der Waals surface area contributed by atoms with E-state index in [1.54, 1.807) is 10.6 Å². The van der Waals surface area contributed by atoms with Crippen LogP contribution < -0.4 is 10.1 Å². The Balaban J connectivity index is 1.68. The van der Waals surface area contributed by atoms with Crippen molar-refractivity contribution in [1.82, 2.24) is 19.8 Å². The molecule has 10 heteroatoms. The predicted octanol–water partition coefficient (Wildman–Crippen LogP) is 5.51. The van der Waals surface area contributed by atoms with Crippen LogP contribution in [0.2, 0.25) is 0 Å². The first-order chi connectivity index (χ1) is 14.4. The van der Waals surface area contributed by atoms with E-state index in [1.165, 1.54) is 18.4 Å². The summed E-state index contributed by atoms with van der Waals surface area (Å²) in [5.41, 5.74) is 2.97. The number of nitrogens with one attached hydrogen (secondary N) is 1. The number of aromatic nitrogens is 4. The molecule has 0 aliphatic rings. The maximum atomic E-state index is 13.0. The second-order valence-corrected chi connectivity index (χ2v) is 9.25. The number of ether oxygens (including phenoxy) is 1. The number of fused-ring (bicyclic) bond motifs is 1. The zero-order valence-electron chi connectivity index (χ0n) is 16.4. The van der Waals surface area contributed by atoms with Crippen molar-refractivity contribution >= 4 is 59.8 Å². The molecular formula is C20H17Br2N5O2S. The molecule has 4 rings (SSSR count). The molecule has 7 nitrogen and oxygen atoms in total. The molecular weight excluding hydrogens is 534 g/mol. The molecule has 0 saturated heterocycles. The topological polar surface area (TPSA) is 81.4 Å². The molecule has 2 heterocycles. The number of amides is 1. The molecule has 0 aliphatic carbocycles. The molecule has 0 aliphatic heterocycles. The normalized spacial score (nSPS) is 11.1. The maximum absolute atomic E-state index is 13.0. The van der Waals surface area contributed by atoms with E-state index < -0.39 is 0 Å². The van der Waals surface area contributed by atoms with Gasteiger partial charge in [0.1, 0.15) is 10.8 Å². The molecule has 0 saturated carbocycles. The van der Waals surface area contributed by atoms with E-state index >= 15 is 0 Å². The third kappa shape index (κ3) is 3.86. The third-order valence-electron chi connectivity index (χ3n) is 4.56. The number of carbonyl (C=O) groups excluding carboxylic acids is 1. The molecule has 2 aromatic heterocycles. The Morgan fingerprint density at radius 1 is 1.23 bits per heavy atom. The summed E-state index contributed by atoms with van der Waals surface area (Å²) in [7, 11) is 1.54. The molecule has 0 fully saturated rings. The van der Waals surface area contributed by atoms with Crippen LogP contribution in [0.1, 0.15) is 28.7 Å². The van der Waals surface area contributed by atoms with Crippen LogP contribution >= 0.6 is 43.2 Å². The van der Waals surface area contributed by atoms with Gasteiger partial charge in [-0.15, -0.1) is 10.2 Å². The van der Waals surface area contributed by atoms with Gasteiger partial charge in [0.25, 0.3) is 5.91 Å². The number of nitrogens with zero attached hydrogens (tertiary/aromatic N) is 4. The molecule has 2 aromatic carbocycles. The molecule has 0 spiro atoms. The van der Waals surface area contributed by atoms with Crippen molar-refractivity contribution in [2.45, 2.75) is 20.3 Å². The summed E-state index contributed by atoms with van der Waals surface area (Å²) in [5.74, 6) is 1.03. The van der Waals surface area contributed by atoms with Crippen LogP contribution in [-0.4, -0.2) is 32.8 Å². The quantitative estimate of drug-likeness (QED) is 0.354. The van der Waals surface area contributed by atoms with Crippen LogP contribution in [0.25, 0.3) is 15.5 Å². The van der Waals surface area contributed by atoms with Crippen LogP contribution in [0, 0.1) is 6.92 Å². The minimum absolute atomic E-state index is 0.263. The van der Waals surface area contributed by atoms with Crippen molar-refractivity contribution in [3.8, 4) is 16.3 Å². The van der Waals surface area contributed by atoms with Gasteiger partial charge in [-0.1, -0.05) is 46.3 Å². The fraction of sp³-hybridized carbons (Fsp3) is 0.200. The first kappa shape index (κ1) is 21.0. The fourth-order valence-electron chi connectivity index (χ4n) is 3.01. The fourth-order valence-corrected chi connectivity index (χ4v) is 5.25. The number of rotatable bonds is 5. The van der Waals surface area contributed by atoms with E-state index in [-0.39, 0.29) is 5.91 Å². The monoisotopic (exact) mass is 549 g/mol. The van der Waals surface area contributed by atoms with Gasteiger partial charge in [-0.25, -0.2) is 0 Å². The maximum Gasteiger partial charge on any atom is 0.259 e. The summed E-state index contributed by atoms with van der Waals surface area (Å²) in [5, 5.41) is 16.8. The Bertz CT molecular complexity index is 1270. The van der Waals surface area contributed by atoms with Crippen LogP contribution in [0.15, 0.2) is 39.3 Å². The minimum Gasteiger partial charge on any atom is -0.495 e. The summed E-state index contributed by atoms with van der Waals surface area (Å²) in [6.07, 6.45) is 0.754. The van der Waals surface area contributed by atoms with Gasteiger partial charge in [-0.2, -0.15) is 9.61 Å². The molecule has 154 valence electrons. The second-order valence-electron chi connectivity index (χ2n) is 6.52. The van der Waals surface area contributed by atoms with Crippen molar-refractivity contribution in [3.63, 3.8) is 0 Å². The van der Waals surface area contributed by atoms with Crippen molar-refractivity contribution in [3.05, 3.63) is 56.2 Å². The largest absolute Gasteiger partial charge is 0.495 e. The average Bonchev–Trinajstić information content (AvgIpc) is 3.29. The Morgan fingerprint density at radius 2 is 2.03 bits per heavy atom. The number of hydrogen-bond donors (Lipinski definition) is 1. The SMILES string of the molecule is CCc1nnc2sc(-c3ccc(C)c(NC(=O)c4cc(Br)cc(Br)c4OC)c3)nn12. The Hall–Kier alpha value is -2.30. The van der Waals surface area contributed by atoms with Gasteiger partial charge in [-0.3, -0.25) is 4.79 Å². The predicted molar refractivity (Wildman–Crippen MR) is 125 cm³/mol. The van der Waals surface area contributed by atoms with E-state index in [0.29, 0.717) is 21.5 Å². The van der Waals surface area contributed by atoms with Gasteiger partial charge in [0.2, 0.25) is 4.96 Å². The lowest BCUT2D eigenvalue weighted by molar-refractivity contribution is 0.102. The Morgan fingerprint density at radius 3 is 2.77 bits per heavy atom. The van der Waals surface area contributed by atoms with Gasteiger partial charge in [-0.05, 0) is 46.6 Å². The lowest BCUT2D eigenvalue weighted by Crippen LogP contribution is -2.14. The summed E-state index contributed by atoms with van der Waals surface area (Å²) < 4.78 is 8.64. The molecule has 0 radical (unpaired) electrons. The van der Waals surface area contributed by atoms with Gasteiger partial charge in [0.05, 0.1) is 17.1 Å². The number of carbonyl (C=O) groups is 1. The zero-order chi connectivity index (χ0) is 21.4. The van der Waals surface area contributed by atoms with E-state index in [0.717, 1.165) is 37.8 Å². The first-order valence-electron chi connectivity index (χ1n) is 9.07. The summed E-state index contributed by atoms with van der Waals surface area (Å²) in [6.45, 7) is 3.96. The van der Waals surface area contributed by atoms with E-state index in [1.807, 2.05) is 38.1 Å². The Kier molecular flexibility index (Phi) is 5.90. The first-order valence-corrected chi connectivity index (χ1v) is 11.5. The van der Waals surface area contributed by atoms with Gasteiger partial charge in [0, 0.05) is 22.1 Å². The number of anilines is 1. The number of aryl methyl sites for hydroxylation is 2. The van der Waals surface area contributed by atoms with Crippen molar-refractivity contribution in [2.75, 3.05) is 12.4 Å². The standard InChI is InChI=1S/C20H17Br2N5O2S/c1-4-16-24-25-20-27(16)26-19(30-20)11-6-5-10(2)15(7-11)23-18(28)13-8-12(21)9-14(22)17(13)29-3/h5-9H,4H2,1-3H3,(H,23,28). The number of halogens is 2. The summed E-state index contributed by atoms with van der Waals surface area (Å²) in [4.78, 5) is 13.8. The lowest BCUT2D eigenvalue weighted by atomic mass is 10.1. The summed E-state index contributed by atoms with van der Waals surface area (Å²) in [6, 6.07) is 9.43. The van der Waals surface area contributed by atoms with E-state index in [2.05, 4.69) is 52.5 Å². The molecule has 0 atom stereocenters. The zero-order valence-corrected chi connectivity index (χ0v) is 20.4. The highest BCUT2D eigenvalue weighted by molar-refractivity contribution is 9.11. The van der Waals surface area contributed by atoms with Crippen LogP contribution in [-0.2, 0) is 6.42 Å². The van der Waals surface area contributed by atoms with Gasteiger partial charge >= 0.3 is 0 Å². The van der Waals surface area contributed by atoms with E-state index in [9.17, 15) is 4.79 Å². The highest BCUT2D eigenvalue weighted by Crippen LogP contribution is 2.34. The van der Waals surface area contributed by atoms with Crippen molar-refractivity contribution < 1.29 is 9.53 Å². The average molecular weight is 551 g/mol. The lowest BCUT2D eigenvalue weighted by Gasteiger charge is -2.13. The Labute approximate surface area is 193 Å². The molecule has 1 N–H and O–H groups in total. The van der Waals surface area contributed by atoms with Gasteiger partial charge < -0.3 is 10.1 Å². The molecule has 0 bridgehead atoms. The van der Waals surface area contributed by atoms with Crippen molar-refractivity contribution in [2.24, 2.45) is 0 Å². The molecule has 30 heavy (non-hydrogen) atoms. The van der Waals surface area contributed by atoms with Crippen LogP contribution in [0.3, 0.4) is 0 Å². The highest BCUT2D eigenvalue weighted by Gasteiger charge is 2.18. The van der Waals surface area contributed by atoms with Crippen LogP contribution in [0.5, 0.6) is 5.75 Å². The number of methoxy groups -OCH3 is 1.